The van der Waals surface area contributed by atoms with Gasteiger partial charge in [-0.25, -0.2) is 0 Å². The summed E-state index contributed by atoms with van der Waals surface area (Å²) in [5.74, 6) is 0. The zero-order valence-corrected chi connectivity index (χ0v) is 10.6. The second kappa shape index (κ2) is 5.66. The quantitative estimate of drug-likeness (QED) is 0.881. The molecule has 1 N–H and O–H groups in total. The third-order valence-corrected chi connectivity index (χ3v) is 3.64. The van der Waals surface area contributed by atoms with Gasteiger partial charge in [-0.2, -0.15) is 0 Å². The number of rotatable bonds is 4. The van der Waals surface area contributed by atoms with E-state index in [9.17, 15) is 0 Å². The molecule has 2 rings (SSSR count). The number of hydrogen-bond donors (Lipinski definition) is 1. The van der Waals surface area contributed by atoms with Crippen LogP contribution in [0, 0.1) is 0 Å². The molecule has 0 unspecified atom stereocenters. The molecule has 1 nitrogen and oxygen atoms in total. The molecule has 0 heterocycles. The first kappa shape index (κ1) is 11.2. The summed E-state index contributed by atoms with van der Waals surface area (Å²) < 4.78 is 1.16. The average molecular weight is 268 g/mol. The van der Waals surface area contributed by atoms with Gasteiger partial charge in [-0.1, -0.05) is 40.9 Å². The van der Waals surface area contributed by atoms with Gasteiger partial charge in [0.15, 0.2) is 0 Å². The molecule has 0 bridgehead atoms. The number of hydrogen-bond acceptors (Lipinski definition) is 1. The van der Waals surface area contributed by atoms with Crippen LogP contribution in [-0.2, 0) is 6.42 Å². The Morgan fingerprint density at radius 3 is 2.47 bits per heavy atom. The Bertz CT molecular complexity index is 288. The number of halogens is 1. The van der Waals surface area contributed by atoms with Crippen molar-refractivity contribution >= 4 is 15.9 Å². The Morgan fingerprint density at radius 1 is 1.13 bits per heavy atom. The lowest BCUT2D eigenvalue weighted by molar-refractivity contribution is 0.528. The molecule has 0 amide bonds. The van der Waals surface area contributed by atoms with Gasteiger partial charge in [-0.3, -0.25) is 0 Å². The van der Waals surface area contributed by atoms with E-state index in [2.05, 4.69) is 45.5 Å². The summed E-state index contributed by atoms with van der Waals surface area (Å²) in [6.45, 7) is 1.12. The van der Waals surface area contributed by atoms with Crippen molar-refractivity contribution in [3.05, 3.63) is 34.3 Å². The fraction of sp³-hybridized carbons (Fsp3) is 0.538. The van der Waals surface area contributed by atoms with Crippen molar-refractivity contribution in [2.75, 3.05) is 6.54 Å². The maximum atomic E-state index is 3.63. The van der Waals surface area contributed by atoms with E-state index in [1.54, 1.807) is 0 Å². The van der Waals surface area contributed by atoms with Crippen molar-refractivity contribution < 1.29 is 0 Å². The van der Waals surface area contributed by atoms with Gasteiger partial charge in [0.25, 0.3) is 0 Å². The lowest BCUT2D eigenvalue weighted by Crippen LogP contribution is -2.27. The predicted molar refractivity (Wildman–Crippen MR) is 68.1 cm³/mol. The van der Waals surface area contributed by atoms with Gasteiger partial charge in [0.2, 0.25) is 0 Å². The van der Waals surface area contributed by atoms with Crippen LogP contribution in [0.1, 0.15) is 31.2 Å². The Balaban J connectivity index is 1.71. The summed E-state index contributed by atoms with van der Waals surface area (Å²) in [4.78, 5) is 0. The molecule has 1 aromatic carbocycles. The van der Waals surface area contributed by atoms with Crippen LogP contribution in [0.4, 0.5) is 0 Å². The SMILES string of the molecule is Brc1ccc(CCNC2CCCC2)cc1. The molecule has 1 aromatic rings. The van der Waals surface area contributed by atoms with E-state index in [0.717, 1.165) is 23.5 Å². The topological polar surface area (TPSA) is 12.0 Å². The van der Waals surface area contributed by atoms with Crippen LogP contribution >= 0.6 is 15.9 Å². The first-order valence-electron chi connectivity index (χ1n) is 5.82. The molecule has 0 saturated heterocycles. The van der Waals surface area contributed by atoms with Gasteiger partial charge in [0.1, 0.15) is 0 Å². The van der Waals surface area contributed by atoms with Gasteiger partial charge < -0.3 is 5.32 Å². The minimum absolute atomic E-state index is 0.792. The van der Waals surface area contributed by atoms with Gasteiger partial charge in [-0.05, 0) is 43.5 Å². The molecule has 15 heavy (non-hydrogen) atoms. The lowest BCUT2D eigenvalue weighted by atomic mass is 10.1. The number of nitrogens with one attached hydrogen (secondary N) is 1. The highest BCUT2D eigenvalue weighted by Crippen LogP contribution is 2.17. The summed E-state index contributed by atoms with van der Waals surface area (Å²) in [5, 5.41) is 3.63. The monoisotopic (exact) mass is 267 g/mol. The first-order valence-corrected chi connectivity index (χ1v) is 6.62. The second-order valence-corrected chi connectivity index (χ2v) is 5.23. The molecule has 0 aromatic heterocycles. The fourth-order valence-electron chi connectivity index (χ4n) is 2.20. The lowest BCUT2D eigenvalue weighted by Gasteiger charge is -2.11. The molecule has 2 heteroatoms. The predicted octanol–water partition coefficient (Wildman–Crippen LogP) is 3.52. The van der Waals surface area contributed by atoms with Crippen LogP contribution in [0.25, 0.3) is 0 Å². The maximum Gasteiger partial charge on any atom is 0.0175 e. The summed E-state index contributed by atoms with van der Waals surface area (Å²) in [7, 11) is 0. The van der Waals surface area contributed by atoms with E-state index in [1.165, 1.54) is 31.2 Å². The summed E-state index contributed by atoms with van der Waals surface area (Å²) >= 11 is 3.45. The molecule has 82 valence electrons. The zero-order chi connectivity index (χ0) is 10.5. The highest BCUT2D eigenvalue weighted by molar-refractivity contribution is 9.10. The van der Waals surface area contributed by atoms with Crippen LogP contribution < -0.4 is 5.32 Å². The Labute approximate surface area is 100 Å². The largest absolute Gasteiger partial charge is 0.314 e. The second-order valence-electron chi connectivity index (χ2n) is 4.31. The van der Waals surface area contributed by atoms with Crippen LogP contribution in [0.5, 0.6) is 0 Å². The van der Waals surface area contributed by atoms with E-state index in [-0.39, 0.29) is 0 Å². The fourth-order valence-corrected chi connectivity index (χ4v) is 2.47. The van der Waals surface area contributed by atoms with Crippen molar-refractivity contribution in [2.24, 2.45) is 0 Å². The molecular formula is C13H18BrN. The van der Waals surface area contributed by atoms with E-state index in [4.69, 9.17) is 0 Å². The Hall–Kier alpha value is -0.340. The highest BCUT2D eigenvalue weighted by Gasteiger charge is 2.13. The summed E-state index contributed by atoms with van der Waals surface area (Å²) in [6.07, 6.45) is 6.72. The molecule has 1 aliphatic carbocycles. The minimum atomic E-state index is 0.792. The normalized spacial score (nSPS) is 17.1. The van der Waals surface area contributed by atoms with Crippen LogP contribution in [0.2, 0.25) is 0 Å². The van der Waals surface area contributed by atoms with E-state index in [1.807, 2.05) is 0 Å². The standard InChI is InChI=1S/C13H18BrN/c14-12-7-5-11(6-8-12)9-10-15-13-3-1-2-4-13/h5-8,13,15H,1-4,9-10H2. The van der Waals surface area contributed by atoms with Crippen LogP contribution in [0.15, 0.2) is 28.7 Å². The molecule has 1 aliphatic rings. The first-order chi connectivity index (χ1) is 7.34. The number of benzene rings is 1. The van der Waals surface area contributed by atoms with Gasteiger partial charge in [0.05, 0.1) is 0 Å². The zero-order valence-electron chi connectivity index (χ0n) is 9.01. The van der Waals surface area contributed by atoms with Crippen molar-refractivity contribution in [3.63, 3.8) is 0 Å². The highest BCUT2D eigenvalue weighted by atomic mass is 79.9. The van der Waals surface area contributed by atoms with Crippen LogP contribution in [0.3, 0.4) is 0 Å². The van der Waals surface area contributed by atoms with Crippen molar-refractivity contribution in [2.45, 2.75) is 38.1 Å². The molecule has 1 saturated carbocycles. The third-order valence-electron chi connectivity index (χ3n) is 3.12. The summed E-state index contributed by atoms with van der Waals surface area (Å²) in [6, 6.07) is 9.41. The van der Waals surface area contributed by atoms with Crippen molar-refractivity contribution in [3.8, 4) is 0 Å². The molecular weight excluding hydrogens is 250 g/mol. The summed E-state index contributed by atoms with van der Waals surface area (Å²) in [5.41, 5.74) is 1.42. The molecule has 1 fully saturated rings. The molecule has 0 aliphatic heterocycles. The molecule has 0 radical (unpaired) electrons. The van der Waals surface area contributed by atoms with Gasteiger partial charge in [0, 0.05) is 10.5 Å². The van der Waals surface area contributed by atoms with Crippen molar-refractivity contribution in [1.82, 2.24) is 5.32 Å². The van der Waals surface area contributed by atoms with Crippen molar-refractivity contribution in [1.29, 1.82) is 0 Å². The Kier molecular flexibility index (Phi) is 4.21. The smallest absolute Gasteiger partial charge is 0.0175 e. The van der Waals surface area contributed by atoms with E-state index < -0.39 is 0 Å². The minimum Gasteiger partial charge on any atom is -0.314 e. The Morgan fingerprint density at radius 2 is 1.80 bits per heavy atom. The molecule has 0 spiro atoms. The van der Waals surface area contributed by atoms with Gasteiger partial charge >= 0.3 is 0 Å². The van der Waals surface area contributed by atoms with Gasteiger partial charge in [-0.15, -0.1) is 0 Å². The third kappa shape index (κ3) is 3.62. The van der Waals surface area contributed by atoms with Crippen LogP contribution in [-0.4, -0.2) is 12.6 Å². The molecule has 0 atom stereocenters. The van der Waals surface area contributed by atoms with E-state index in [0.29, 0.717) is 0 Å². The van der Waals surface area contributed by atoms with E-state index >= 15 is 0 Å². The average Bonchev–Trinajstić information content (AvgIpc) is 2.74. The maximum absolute atomic E-state index is 3.63.